The van der Waals surface area contributed by atoms with Gasteiger partial charge in [-0.15, -0.1) is 0 Å². The highest BCUT2D eigenvalue weighted by atomic mass is 16.5. The van der Waals surface area contributed by atoms with Gasteiger partial charge in [0.2, 0.25) is 5.56 Å². The van der Waals surface area contributed by atoms with Crippen molar-refractivity contribution in [2.24, 2.45) is 0 Å². The van der Waals surface area contributed by atoms with Crippen LogP contribution in [0.25, 0.3) is 21.9 Å². The second-order valence-electron chi connectivity index (χ2n) is 6.58. The summed E-state index contributed by atoms with van der Waals surface area (Å²) >= 11 is 0. The van der Waals surface area contributed by atoms with Crippen molar-refractivity contribution in [1.82, 2.24) is 4.98 Å². The van der Waals surface area contributed by atoms with E-state index in [9.17, 15) is 9.90 Å². The number of ether oxygens (including phenoxy) is 1. The standard InChI is InChI=1S/C20H21NO3/c1-20(2,23)9-10-24-18-7-5-14-3-4-15(11-17(14)12-18)16-6-8-19(22)21-13-16/h3-8,11-13,23H,9-10H2,1-2H3,(H,21,22). The van der Waals surface area contributed by atoms with Gasteiger partial charge in [0.1, 0.15) is 5.75 Å². The van der Waals surface area contributed by atoms with Crippen molar-refractivity contribution in [2.75, 3.05) is 6.61 Å². The smallest absolute Gasteiger partial charge is 0.247 e. The average molecular weight is 323 g/mol. The summed E-state index contributed by atoms with van der Waals surface area (Å²) in [5.74, 6) is 0.783. The Bertz CT molecular complexity index is 886. The molecule has 0 aliphatic rings. The first-order valence-electron chi connectivity index (χ1n) is 7.99. The van der Waals surface area contributed by atoms with E-state index < -0.39 is 5.60 Å². The lowest BCUT2D eigenvalue weighted by Crippen LogP contribution is -2.21. The SMILES string of the molecule is CC(C)(O)CCOc1ccc2ccc(-c3ccc(=O)[nH]c3)cc2c1. The molecule has 2 N–H and O–H groups in total. The molecule has 0 bridgehead atoms. The van der Waals surface area contributed by atoms with Gasteiger partial charge in [0.15, 0.2) is 0 Å². The van der Waals surface area contributed by atoms with E-state index in [1.165, 1.54) is 6.07 Å². The lowest BCUT2D eigenvalue weighted by Gasteiger charge is -2.17. The molecule has 4 nitrogen and oxygen atoms in total. The highest BCUT2D eigenvalue weighted by Crippen LogP contribution is 2.26. The quantitative estimate of drug-likeness (QED) is 0.752. The molecule has 2 aromatic carbocycles. The molecule has 0 atom stereocenters. The summed E-state index contributed by atoms with van der Waals surface area (Å²) in [6.45, 7) is 4.01. The third-order valence-corrected chi connectivity index (χ3v) is 3.91. The molecule has 0 radical (unpaired) electrons. The summed E-state index contributed by atoms with van der Waals surface area (Å²) in [6.07, 6.45) is 2.29. The molecule has 3 rings (SSSR count). The van der Waals surface area contributed by atoms with Gasteiger partial charge in [-0.25, -0.2) is 0 Å². The maximum Gasteiger partial charge on any atom is 0.247 e. The van der Waals surface area contributed by atoms with Crippen LogP contribution in [0.3, 0.4) is 0 Å². The predicted octanol–water partition coefficient (Wildman–Crippen LogP) is 3.73. The first kappa shape index (κ1) is 16.3. The van der Waals surface area contributed by atoms with E-state index in [0.29, 0.717) is 13.0 Å². The molecule has 3 aromatic rings. The van der Waals surface area contributed by atoms with E-state index in [2.05, 4.69) is 17.1 Å². The molecule has 4 heteroatoms. The molecule has 124 valence electrons. The number of fused-ring (bicyclic) bond motifs is 1. The van der Waals surface area contributed by atoms with Crippen LogP contribution in [0.4, 0.5) is 0 Å². The minimum atomic E-state index is -0.728. The lowest BCUT2D eigenvalue weighted by atomic mass is 10.0. The highest BCUT2D eigenvalue weighted by Gasteiger charge is 2.12. The molecule has 1 aromatic heterocycles. The van der Waals surface area contributed by atoms with Crippen molar-refractivity contribution in [3.05, 3.63) is 65.1 Å². The van der Waals surface area contributed by atoms with Crippen LogP contribution in [0.1, 0.15) is 20.3 Å². The van der Waals surface area contributed by atoms with Gasteiger partial charge in [-0.05, 0) is 60.0 Å². The van der Waals surface area contributed by atoms with Gasteiger partial charge in [0.25, 0.3) is 0 Å². The van der Waals surface area contributed by atoms with Gasteiger partial charge >= 0.3 is 0 Å². The zero-order chi connectivity index (χ0) is 17.2. The Kier molecular flexibility index (Phi) is 4.40. The fraction of sp³-hybridized carbons (Fsp3) is 0.250. The number of aromatic amines is 1. The molecule has 0 fully saturated rings. The van der Waals surface area contributed by atoms with Crippen LogP contribution in [0.15, 0.2) is 59.5 Å². The summed E-state index contributed by atoms with van der Waals surface area (Å²) in [6, 6.07) is 15.4. The Morgan fingerprint density at radius 2 is 1.75 bits per heavy atom. The number of pyridine rings is 1. The molecule has 0 amide bonds. The van der Waals surface area contributed by atoms with Crippen LogP contribution in [-0.4, -0.2) is 22.3 Å². The Balaban J connectivity index is 1.85. The zero-order valence-electron chi connectivity index (χ0n) is 13.9. The van der Waals surface area contributed by atoms with Crippen molar-refractivity contribution in [3.63, 3.8) is 0 Å². The minimum absolute atomic E-state index is 0.109. The summed E-state index contributed by atoms with van der Waals surface area (Å²) in [5.41, 5.74) is 1.16. The van der Waals surface area contributed by atoms with Crippen LogP contribution >= 0.6 is 0 Å². The normalized spacial score (nSPS) is 11.6. The third kappa shape index (κ3) is 4.03. The fourth-order valence-electron chi connectivity index (χ4n) is 2.50. The van der Waals surface area contributed by atoms with E-state index in [1.54, 1.807) is 20.0 Å². The maximum absolute atomic E-state index is 11.2. The fourth-order valence-corrected chi connectivity index (χ4v) is 2.50. The van der Waals surface area contributed by atoms with E-state index in [-0.39, 0.29) is 5.56 Å². The topological polar surface area (TPSA) is 62.3 Å². The molecule has 24 heavy (non-hydrogen) atoms. The molecule has 0 aliphatic carbocycles. The summed E-state index contributed by atoms with van der Waals surface area (Å²) < 4.78 is 5.74. The van der Waals surface area contributed by atoms with Crippen LogP contribution in [0.2, 0.25) is 0 Å². The maximum atomic E-state index is 11.2. The van der Waals surface area contributed by atoms with Gasteiger partial charge in [0, 0.05) is 18.7 Å². The monoisotopic (exact) mass is 323 g/mol. The Labute approximate surface area is 140 Å². The number of aromatic nitrogens is 1. The minimum Gasteiger partial charge on any atom is -0.493 e. The highest BCUT2D eigenvalue weighted by molar-refractivity contribution is 5.88. The van der Waals surface area contributed by atoms with E-state index in [4.69, 9.17) is 4.74 Å². The lowest BCUT2D eigenvalue weighted by molar-refractivity contribution is 0.0554. The summed E-state index contributed by atoms with van der Waals surface area (Å²) in [4.78, 5) is 13.9. The third-order valence-electron chi connectivity index (χ3n) is 3.91. The van der Waals surface area contributed by atoms with Crippen LogP contribution in [-0.2, 0) is 0 Å². The molecule has 1 heterocycles. The van der Waals surface area contributed by atoms with Crippen molar-refractivity contribution in [1.29, 1.82) is 0 Å². The molecule has 0 unspecified atom stereocenters. The van der Waals surface area contributed by atoms with E-state index in [1.807, 2.05) is 30.3 Å². The van der Waals surface area contributed by atoms with Crippen molar-refractivity contribution in [3.8, 4) is 16.9 Å². The average Bonchev–Trinajstić information content (AvgIpc) is 2.54. The second kappa shape index (κ2) is 6.49. The van der Waals surface area contributed by atoms with Gasteiger partial charge in [-0.1, -0.05) is 18.2 Å². The number of H-pyrrole nitrogens is 1. The predicted molar refractivity (Wildman–Crippen MR) is 96.4 cm³/mol. The summed E-state index contributed by atoms with van der Waals surface area (Å²) in [7, 11) is 0. The Hall–Kier alpha value is -2.59. The number of hydrogen-bond acceptors (Lipinski definition) is 3. The van der Waals surface area contributed by atoms with Gasteiger partial charge in [0.05, 0.1) is 12.2 Å². The molecule has 0 saturated heterocycles. The first-order valence-corrected chi connectivity index (χ1v) is 7.99. The van der Waals surface area contributed by atoms with Gasteiger partial charge in [-0.3, -0.25) is 4.79 Å². The Morgan fingerprint density at radius 1 is 1.00 bits per heavy atom. The summed E-state index contributed by atoms with van der Waals surface area (Å²) in [5, 5.41) is 11.9. The number of benzene rings is 2. The molecular formula is C20H21NO3. The number of hydrogen-bond donors (Lipinski definition) is 2. The molecule has 0 saturated carbocycles. The van der Waals surface area contributed by atoms with Crippen molar-refractivity contribution in [2.45, 2.75) is 25.9 Å². The van der Waals surface area contributed by atoms with Gasteiger partial charge < -0.3 is 14.8 Å². The van der Waals surface area contributed by atoms with E-state index >= 15 is 0 Å². The van der Waals surface area contributed by atoms with Gasteiger partial charge in [-0.2, -0.15) is 0 Å². The number of aliphatic hydroxyl groups is 1. The first-order chi connectivity index (χ1) is 11.4. The van der Waals surface area contributed by atoms with Crippen molar-refractivity contribution < 1.29 is 9.84 Å². The zero-order valence-corrected chi connectivity index (χ0v) is 13.9. The second-order valence-corrected chi connectivity index (χ2v) is 6.58. The van der Waals surface area contributed by atoms with E-state index in [0.717, 1.165) is 27.6 Å². The van der Waals surface area contributed by atoms with Crippen molar-refractivity contribution >= 4 is 10.8 Å². The number of rotatable bonds is 5. The van der Waals surface area contributed by atoms with Crippen LogP contribution in [0.5, 0.6) is 5.75 Å². The number of nitrogens with one attached hydrogen (secondary N) is 1. The molecule has 0 spiro atoms. The Morgan fingerprint density at radius 3 is 2.46 bits per heavy atom. The van der Waals surface area contributed by atoms with Crippen LogP contribution < -0.4 is 10.3 Å². The van der Waals surface area contributed by atoms with Crippen LogP contribution in [0, 0.1) is 0 Å². The largest absolute Gasteiger partial charge is 0.493 e. The molecule has 0 aliphatic heterocycles. The molecular weight excluding hydrogens is 302 g/mol.